The number of hydrogen-bond acceptors (Lipinski definition) is 7. The van der Waals surface area contributed by atoms with E-state index in [1.54, 1.807) is 19.9 Å². The molecule has 0 unspecified atom stereocenters. The van der Waals surface area contributed by atoms with E-state index < -0.39 is 45.8 Å². The number of ether oxygens (including phenoxy) is 3. The molecule has 1 aliphatic rings. The molecular weight excluding hydrogens is 576 g/mol. The van der Waals surface area contributed by atoms with Crippen LogP contribution in [0.3, 0.4) is 0 Å². The predicted molar refractivity (Wildman–Crippen MR) is 130 cm³/mol. The average Bonchev–Trinajstić information content (AvgIpc) is 3.06. The number of anilines is 3. The van der Waals surface area contributed by atoms with E-state index in [4.69, 9.17) is 14.2 Å². The summed E-state index contributed by atoms with van der Waals surface area (Å²) in [6, 6.07) is 4.84. The second-order valence-corrected chi connectivity index (χ2v) is 10.8. The SMILES string of the molecule is C=C(C[C@@H]1COC(C)(C)O1)S(O)(O)Nc1c(OC)cc(F)c(F)c1Nc1ccc(I)cc1F. The van der Waals surface area contributed by atoms with E-state index in [1.807, 2.05) is 22.6 Å². The molecule has 1 fully saturated rings. The first-order chi connectivity index (χ1) is 15.3. The summed E-state index contributed by atoms with van der Waals surface area (Å²) < 4.78 is 84.1. The Kier molecular flexibility index (Phi) is 7.75. The minimum atomic E-state index is -3.82. The second kappa shape index (κ2) is 9.88. The summed E-state index contributed by atoms with van der Waals surface area (Å²) in [5, 5.41) is 2.48. The van der Waals surface area contributed by atoms with Gasteiger partial charge in [0, 0.05) is 16.1 Å². The highest BCUT2D eigenvalue weighted by Crippen LogP contribution is 2.53. The number of methoxy groups -OCH3 is 1. The second-order valence-electron chi connectivity index (χ2n) is 7.72. The normalized spacial score (nSPS) is 18.2. The summed E-state index contributed by atoms with van der Waals surface area (Å²) in [6.45, 7) is 7.38. The van der Waals surface area contributed by atoms with E-state index >= 15 is 0 Å². The van der Waals surface area contributed by atoms with Crippen LogP contribution in [-0.4, -0.2) is 34.7 Å². The van der Waals surface area contributed by atoms with Gasteiger partial charge in [-0.1, -0.05) is 17.4 Å². The summed E-state index contributed by atoms with van der Waals surface area (Å²) in [7, 11) is -2.62. The van der Waals surface area contributed by atoms with Gasteiger partial charge in [0.2, 0.25) is 0 Å². The van der Waals surface area contributed by atoms with Gasteiger partial charge in [0.25, 0.3) is 0 Å². The zero-order valence-electron chi connectivity index (χ0n) is 18.0. The Morgan fingerprint density at radius 1 is 1.24 bits per heavy atom. The Labute approximate surface area is 204 Å². The molecule has 0 amide bonds. The molecule has 2 aromatic rings. The molecular formula is C21H24F3IN2O5S. The van der Waals surface area contributed by atoms with Crippen LogP contribution in [0.1, 0.15) is 20.3 Å². The Hall–Kier alpha value is -1.71. The van der Waals surface area contributed by atoms with Crippen LogP contribution in [0.25, 0.3) is 0 Å². The molecule has 7 nitrogen and oxygen atoms in total. The predicted octanol–water partition coefficient (Wildman–Crippen LogP) is 6.59. The van der Waals surface area contributed by atoms with E-state index in [0.717, 1.165) is 6.07 Å². The Morgan fingerprint density at radius 2 is 1.94 bits per heavy atom. The molecule has 1 aliphatic heterocycles. The van der Waals surface area contributed by atoms with Gasteiger partial charge in [-0.05, 0) is 54.6 Å². The van der Waals surface area contributed by atoms with Gasteiger partial charge < -0.3 is 19.5 Å². The number of rotatable bonds is 8. The van der Waals surface area contributed by atoms with Crippen molar-refractivity contribution >= 4 is 50.4 Å². The van der Waals surface area contributed by atoms with E-state index in [0.29, 0.717) is 3.57 Å². The molecule has 0 spiro atoms. The highest BCUT2D eigenvalue weighted by molar-refractivity contribution is 14.1. The molecule has 1 atom stereocenters. The molecule has 3 rings (SSSR count). The monoisotopic (exact) mass is 600 g/mol. The van der Waals surface area contributed by atoms with Crippen LogP contribution >= 0.6 is 33.4 Å². The maximum atomic E-state index is 14.8. The average molecular weight is 600 g/mol. The van der Waals surface area contributed by atoms with Crippen LogP contribution in [0.4, 0.5) is 30.2 Å². The standard InChI is InChI=1S/C21H24F3IN2O5S/c1-11(7-13-10-31-21(2,3)32-13)33(28,29)27-19-17(30-4)9-15(23)18(24)20(19)26-16-6-5-12(25)8-14(16)22/h5-6,8-9,13,26-29H,1,7,10H2,2-4H3/t13-/m1/s1. The Balaban J connectivity index is 1.93. The van der Waals surface area contributed by atoms with E-state index in [-0.39, 0.29) is 35.1 Å². The minimum Gasteiger partial charge on any atom is -0.494 e. The zero-order valence-corrected chi connectivity index (χ0v) is 21.0. The molecule has 4 N–H and O–H groups in total. The van der Waals surface area contributed by atoms with Crippen molar-refractivity contribution in [3.63, 3.8) is 0 Å². The lowest BCUT2D eigenvalue weighted by Crippen LogP contribution is -2.23. The summed E-state index contributed by atoms with van der Waals surface area (Å²) >= 11 is 1.90. The third kappa shape index (κ3) is 6.05. The van der Waals surface area contributed by atoms with Crippen molar-refractivity contribution in [1.29, 1.82) is 0 Å². The highest BCUT2D eigenvalue weighted by Gasteiger charge is 2.35. The Bertz CT molecular complexity index is 1070. The van der Waals surface area contributed by atoms with Crippen molar-refractivity contribution < 1.29 is 36.5 Å². The van der Waals surface area contributed by atoms with Gasteiger partial charge in [-0.3, -0.25) is 13.8 Å². The summed E-state index contributed by atoms with van der Waals surface area (Å²) in [5.41, 5.74) is -1.04. The van der Waals surface area contributed by atoms with Gasteiger partial charge in [0.05, 0.1) is 30.4 Å². The van der Waals surface area contributed by atoms with Gasteiger partial charge in [0.15, 0.2) is 17.4 Å². The molecule has 2 aromatic carbocycles. The summed E-state index contributed by atoms with van der Waals surface area (Å²) in [6.07, 6.45) is -0.454. The largest absolute Gasteiger partial charge is 0.494 e. The van der Waals surface area contributed by atoms with Crippen LogP contribution in [0, 0.1) is 21.0 Å². The topological polar surface area (TPSA) is 92.2 Å². The van der Waals surface area contributed by atoms with E-state index in [1.165, 1.54) is 19.2 Å². The molecule has 1 saturated heterocycles. The number of halogens is 4. The van der Waals surface area contributed by atoms with Crippen molar-refractivity contribution in [1.82, 2.24) is 0 Å². The van der Waals surface area contributed by atoms with Crippen molar-refractivity contribution in [3.8, 4) is 5.75 Å². The van der Waals surface area contributed by atoms with Gasteiger partial charge in [-0.25, -0.2) is 13.2 Å². The fourth-order valence-corrected chi connectivity index (χ4v) is 4.66. The van der Waals surface area contributed by atoms with Gasteiger partial charge in [-0.15, -0.1) is 0 Å². The maximum Gasteiger partial charge on any atom is 0.184 e. The molecule has 0 radical (unpaired) electrons. The fourth-order valence-electron chi connectivity index (χ4n) is 3.16. The lowest BCUT2D eigenvalue weighted by atomic mass is 10.2. The van der Waals surface area contributed by atoms with Crippen LogP contribution in [-0.2, 0) is 9.47 Å². The number of hydrogen-bond donors (Lipinski definition) is 4. The minimum absolute atomic E-state index is 0.0271. The quantitative estimate of drug-likeness (QED) is 0.254. The first-order valence-electron chi connectivity index (χ1n) is 9.66. The smallest absolute Gasteiger partial charge is 0.184 e. The lowest BCUT2D eigenvalue weighted by Gasteiger charge is -2.37. The fraction of sp³-hybridized carbons (Fsp3) is 0.333. The highest BCUT2D eigenvalue weighted by atomic mass is 127. The summed E-state index contributed by atoms with van der Waals surface area (Å²) in [4.78, 5) is -0.0491. The number of nitrogens with one attached hydrogen (secondary N) is 2. The van der Waals surface area contributed by atoms with Gasteiger partial charge in [0.1, 0.15) is 22.9 Å². The third-order valence-corrected chi connectivity index (χ3v) is 6.90. The van der Waals surface area contributed by atoms with Crippen molar-refractivity contribution in [2.75, 3.05) is 23.8 Å². The lowest BCUT2D eigenvalue weighted by molar-refractivity contribution is -0.137. The van der Waals surface area contributed by atoms with E-state index in [9.17, 15) is 22.3 Å². The zero-order chi connectivity index (χ0) is 24.6. The van der Waals surface area contributed by atoms with Crippen molar-refractivity contribution in [2.45, 2.75) is 32.2 Å². The molecule has 0 bridgehead atoms. The van der Waals surface area contributed by atoms with Gasteiger partial charge in [-0.2, -0.15) is 0 Å². The molecule has 182 valence electrons. The first kappa shape index (κ1) is 25.9. The maximum absolute atomic E-state index is 14.8. The molecule has 12 heteroatoms. The molecule has 33 heavy (non-hydrogen) atoms. The summed E-state index contributed by atoms with van der Waals surface area (Å²) in [5.74, 6) is -4.42. The first-order valence-corrected chi connectivity index (χ1v) is 12.3. The molecule has 1 heterocycles. The van der Waals surface area contributed by atoms with Crippen LogP contribution < -0.4 is 14.8 Å². The van der Waals surface area contributed by atoms with Crippen LogP contribution in [0.5, 0.6) is 5.75 Å². The Morgan fingerprint density at radius 3 is 2.52 bits per heavy atom. The van der Waals surface area contributed by atoms with Crippen molar-refractivity contribution in [2.24, 2.45) is 0 Å². The van der Waals surface area contributed by atoms with Crippen molar-refractivity contribution in [3.05, 3.63) is 56.8 Å². The molecule has 0 saturated carbocycles. The van der Waals surface area contributed by atoms with Crippen LogP contribution in [0.15, 0.2) is 35.7 Å². The molecule has 0 aromatic heterocycles. The van der Waals surface area contributed by atoms with Crippen LogP contribution in [0.2, 0.25) is 0 Å². The van der Waals surface area contributed by atoms with E-state index in [2.05, 4.69) is 16.6 Å². The number of benzene rings is 2. The third-order valence-electron chi connectivity index (χ3n) is 4.76. The molecule has 0 aliphatic carbocycles. The van der Waals surface area contributed by atoms with Gasteiger partial charge >= 0.3 is 0 Å².